The Balaban J connectivity index is 0.00000364. The highest BCUT2D eigenvalue weighted by molar-refractivity contribution is 7.92. The minimum absolute atomic E-state index is 0. The zero-order valence-corrected chi connectivity index (χ0v) is 17.5. The molecule has 27 heavy (non-hydrogen) atoms. The van der Waals surface area contributed by atoms with Gasteiger partial charge in [-0.15, -0.1) is 12.4 Å². The van der Waals surface area contributed by atoms with Crippen LogP contribution in [0.5, 0.6) is 0 Å². The summed E-state index contributed by atoms with van der Waals surface area (Å²) in [6.45, 7) is 5.60. The molecule has 1 amide bonds. The van der Waals surface area contributed by atoms with Gasteiger partial charge in [0.2, 0.25) is 5.91 Å². The number of carbonyl (C=O) groups excluding carboxylic acids is 1. The topological polar surface area (TPSA) is 92.5 Å². The van der Waals surface area contributed by atoms with Crippen LogP contribution in [0.25, 0.3) is 0 Å². The zero-order valence-electron chi connectivity index (χ0n) is 15.8. The van der Waals surface area contributed by atoms with Crippen LogP contribution in [0.15, 0.2) is 59.5 Å². The summed E-state index contributed by atoms with van der Waals surface area (Å²) in [7, 11) is -2.26. The molecule has 3 N–H and O–H groups in total. The smallest absolute Gasteiger partial charge is 0.264 e. The van der Waals surface area contributed by atoms with Crippen molar-refractivity contribution in [2.75, 3.05) is 16.7 Å². The first-order chi connectivity index (χ1) is 12.0. The monoisotopic (exact) mass is 411 g/mol. The molecule has 0 aliphatic heterocycles. The van der Waals surface area contributed by atoms with Crippen LogP contribution in [0.2, 0.25) is 0 Å². The Morgan fingerprint density at radius 2 is 1.67 bits per heavy atom. The second-order valence-electron chi connectivity index (χ2n) is 7.17. The molecule has 0 saturated heterocycles. The number of benzene rings is 2. The van der Waals surface area contributed by atoms with E-state index in [1.54, 1.807) is 36.4 Å². The van der Waals surface area contributed by atoms with Gasteiger partial charge in [0.25, 0.3) is 10.0 Å². The Kier molecular flexibility index (Phi) is 7.42. The molecule has 0 unspecified atom stereocenters. The molecule has 2 aromatic rings. The highest BCUT2D eigenvalue weighted by Gasteiger charge is 2.28. The van der Waals surface area contributed by atoms with Crippen LogP contribution in [-0.2, 0) is 14.8 Å². The van der Waals surface area contributed by atoms with Crippen LogP contribution >= 0.6 is 12.4 Å². The van der Waals surface area contributed by atoms with Gasteiger partial charge in [-0.2, -0.15) is 0 Å². The van der Waals surface area contributed by atoms with Gasteiger partial charge in [-0.1, -0.05) is 45.0 Å². The molecule has 0 saturated carbocycles. The van der Waals surface area contributed by atoms with Crippen molar-refractivity contribution in [3.05, 3.63) is 54.6 Å². The number of halogens is 1. The lowest BCUT2D eigenvalue weighted by Crippen LogP contribution is -2.45. The van der Waals surface area contributed by atoms with E-state index in [0.717, 1.165) is 0 Å². The molecule has 0 aliphatic rings. The fraction of sp³-hybridized carbons (Fsp3) is 0.316. The molecule has 0 fully saturated rings. The third-order valence-corrected chi connectivity index (χ3v) is 5.88. The third kappa shape index (κ3) is 5.45. The van der Waals surface area contributed by atoms with Crippen molar-refractivity contribution in [2.45, 2.75) is 31.7 Å². The Morgan fingerprint density at radius 1 is 1.07 bits per heavy atom. The normalized spacial score (nSPS) is 12.6. The fourth-order valence-electron chi connectivity index (χ4n) is 2.28. The fourth-order valence-corrected chi connectivity index (χ4v) is 3.52. The second kappa shape index (κ2) is 8.73. The first-order valence-corrected chi connectivity index (χ1v) is 9.68. The van der Waals surface area contributed by atoms with Gasteiger partial charge in [0, 0.05) is 12.7 Å². The maximum absolute atomic E-state index is 12.9. The number of rotatable bonds is 5. The van der Waals surface area contributed by atoms with E-state index in [-0.39, 0.29) is 23.2 Å². The number of anilines is 2. The van der Waals surface area contributed by atoms with Gasteiger partial charge in [-0.25, -0.2) is 8.42 Å². The van der Waals surface area contributed by atoms with E-state index in [1.165, 1.54) is 23.5 Å². The van der Waals surface area contributed by atoms with Crippen molar-refractivity contribution in [3.63, 3.8) is 0 Å². The number of para-hydroxylation sites is 1. The SMILES string of the molecule is CN(c1ccccc1)S(=O)(=O)c1cccc(NC(=O)[C@@H](N)C(C)(C)C)c1.Cl. The summed E-state index contributed by atoms with van der Waals surface area (Å²) < 4.78 is 26.9. The molecule has 148 valence electrons. The van der Waals surface area contributed by atoms with Crippen LogP contribution in [0.1, 0.15) is 20.8 Å². The van der Waals surface area contributed by atoms with Gasteiger partial charge in [0.05, 0.1) is 16.6 Å². The molecule has 8 heteroatoms. The lowest BCUT2D eigenvalue weighted by Gasteiger charge is -2.26. The van der Waals surface area contributed by atoms with Gasteiger partial charge in [-0.05, 0) is 35.7 Å². The van der Waals surface area contributed by atoms with Crippen molar-refractivity contribution in [1.82, 2.24) is 0 Å². The number of amides is 1. The average Bonchev–Trinajstić information content (AvgIpc) is 2.60. The number of nitrogens with zero attached hydrogens (tertiary/aromatic N) is 1. The maximum atomic E-state index is 12.9. The molecule has 0 bridgehead atoms. The van der Waals surface area contributed by atoms with Crippen LogP contribution in [0.3, 0.4) is 0 Å². The summed E-state index contributed by atoms with van der Waals surface area (Å²) in [6, 6.07) is 14.2. The number of nitrogens with two attached hydrogens (primary N) is 1. The van der Waals surface area contributed by atoms with E-state index in [2.05, 4.69) is 5.32 Å². The lowest BCUT2D eigenvalue weighted by molar-refractivity contribution is -0.119. The first-order valence-electron chi connectivity index (χ1n) is 8.24. The molecule has 0 aromatic heterocycles. The molecule has 1 atom stereocenters. The number of sulfonamides is 1. The Morgan fingerprint density at radius 3 is 2.22 bits per heavy atom. The Labute approximate surface area is 167 Å². The molecule has 2 aromatic carbocycles. The zero-order chi connectivity index (χ0) is 19.5. The van der Waals surface area contributed by atoms with E-state index >= 15 is 0 Å². The van der Waals surface area contributed by atoms with E-state index < -0.39 is 21.5 Å². The first kappa shape index (κ1) is 23.0. The molecule has 0 radical (unpaired) electrons. The van der Waals surface area contributed by atoms with Gasteiger partial charge in [0.15, 0.2) is 0 Å². The minimum atomic E-state index is -3.75. The van der Waals surface area contributed by atoms with Crippen LogP contribution in [0.4, 0.5) is 11.4 Å². The highest BCUT2D eigenvalue weighted by Crippen LogP contribution is 2.24. The predicted octanol–water partition coefficient (Wildman–Crippen LogP) is 3.25. The Bertz CT molecular complexity index is 881. The van der Waals surface area contributed by atoms with Gasteiger partial charge in [-0.3, -0.25) is 9.10 Å². The van der Waals surface area contributed by atoms with E-state index in [4.69, 9.17) is 5.73 Å². The molecule has 0 aliphatic carbocycles. The molecular weight excluding hydrogens is 386 g/mol. The third-order valence-electron chi connectivity index (χ3n) is 4.10. The highest BCUT2D eigenvalue weighted by atomic mass is 35.5. The number of hydrogen-bond acceptors (Lipinski definition) is 4. The quantitative estimate of drug-likeness (QED) is 0.789. The number of nitrogens with one attached hydrogen (secondary N) is 1. The predicted molar refractivity (Wildman–Crippen MR) is 112 cm³/mol. The summed E-state index contributed by atoms with van der Waals surface area (Å²) >= 11 is 0. The largest absolute Gasteiger partial charge is 0.325 e. The number of hydrogen-bond donors (Lipinski definition) is 2. The van der Waals surface area contributed by atoms with Crippen LogP contribution in [0, 0.1) is 5.41 Å². The molecule has 0 heterocycles. The summed E-state index contributed by atoms with van der Waals surface area (Å²) in [5.74, 6) is -0.358. The minimum Gasteiger partial charge on any atom is -0.325 e. The van der Waals surface area contributed by atoms with Crippen molar-refractivity contribution in [2.24, 2.45) is 11.1 Å². The van der Waals surface area contributed by atoms with Crippen molar-refractivity contribution >= 4 is 39.7 Å². The van der Waals surface area contributed by atoms with E-state index in [0.29, 0.717) is 11.4 Å². The lowest BCUT2D eigenvalue weighted by atomic mass is 9.87. The average molecular weight is 412 g/mol. The van der Waals surface area contributed by atoms with E-state index in [9.17, 15) is 13.2 Å². The van der Waals surface area contributed by atoms with Crippen LogP contribution in [-0.4, -0.2) is 27.4 Å². The molecular formula is C19H26ClN3O3S. The van der Waals surface area contributed by atoms with Gasteiger partial charge < -0.3 is 11.1 Å². The maximum Gasteiger partial charge on any atom is 0.264 e. The standard InChI is InChI=1S/C19H25N3O3S.ClH/c1-19(2,3)17(20)18(23)21-14-9-8-12-16(13-14)26(24,25)22(4)15-10-6-5-7-11-15;/h5-13,17H,20H2,1-4H3,(H,21,23);1H/t17-;/m1./s1. The molecule has 6 nitrogen and oxygen atoms in total. The summed E-state index contributed by atoms with van der Waals surface area (Å²) in [6.07, 6.45) is 0. The van der Waals surface area contributed by atoms with Crippen LogP contribution < -0.4 is 15.4 Å². The molecule has 2 rings (SSSR count). The van der Waals surface area contributed by atoms with Crippen molar-refractivity contribution in [1.29, 1.82) is 0 Å². The second-order valence-corrected chi connectivity index (χ2v) is 9.14. The summed E-state index contributed by atoms with van der Waals surface area (Å²) in [4.78, 5) is 12.4. The molecule has 0 spiro atoms. The van der Waals surface area contributed by atoms with Gasteiger partial charge >= 0.3 is 0 Å². The van der Waals surface area contributed by atoms with Gasteiger partial charge in [0.1, 0.15) is 0 Å². The Hall–Kier alpha value is -2.09. The summed E-state index contributed by atoms with van der Waals surface area (Å²) in [5, 5.41) is 2.69. The van der Waals surface area contributed by atoms with Crippen molar-refractivity contribution in [3.8, 4) is 0 Å². The van der Waals surface area contributed by atoms with E-state index in [1.807, 2.05) is 26.8 Å². The van der Waals surface area contributed by atoms with Crippen molar-refractivity contribution < 1.29 is 13.2 Å². The summed E-state index contributed by atoms with van der Waals surface area (Å²) in [5.41, 5.74) is 6.49. The number of carbonyl (C=O) groups is 1.